The average Bonchev–Trinajstić information content (AvgIpc) is 2.24. The minimum absolute atomic E-state index is 0. The Labute approximate surface area is 109 Å². The Morgan fingerprint density at radius 3 is 2.39 bits per heavy atom. The zero-order chi connectivity index (χ0) is 13.1. The third-order valence-corrected chi connectivity index (χ3v) is 2.35. The first-order valence-electron chi connectivity index (χ1n) is 4.99. The molecule has 1 atom stereocenters. The van der Waals surface area contributed by atoms with Crippen molar-refractivity contribution in [2.75, 3.05) is 7.11 Å². The SMILES string of the molecule is COc1ccc([C@H](N)CCC(F)(F)F)c(F)c1.Cl. The van der Waals surface area contributed by atoms with Crippen molar-refractivity contribution in [2.45, 2.75) is 25.1 Å². The van der Waals surface area contributed by atoms with Crippen LogP contribution < -0.4 is 10.5 Å². The number of nitrogens with two attached hydrogens (primary N) is 1. The Kier molecular flexibility index (Phi) is 6.42. The van der Waals surface area contributed by atoms with Crippen molar-refractivity contribution >= 4 is 12.4 Å². The zero-order valence-corrected chi connectivity index (χ0v) is 10.4. The Balaban J connectivity index is 0.00000289. The fraction of sp³-hybridized carbons (Fsp3) is 0.455. The molecule has 1 aromatic rings. The minimum Gasteiger partial charge on any atom is -0.497 e. The van der Waals surface area contributed by atoms with Crippen LogP contribution in [0.4, 0.5) is 17.6 Å². The maximum atomic E-state index is 13.5. The highest BCUT2D eigenvalue weighted by Crippen LogP contribution is 2.28. The van der Waals surface area contributed by atoms with Gasteiger partial charge in [-0.1, -0.05) is 6.07 Å². The monoisotopic (exact) mass is 287 g/mol. The van der Waals surface area contributed by atoms with Gasteiger partial charge in [0.15, 0.2) is 0 Å². The van der Waals surface area contributed by atoms with Gasteiger partial charge in [0.05, 0.1) is 7.11 Å². The van der Waals surface area contributed by atoms with Crippen LogP contribution in [0.15, 0.2) is 18.2 Å². The minimum atomic E-state index is -4.28. The predicted molar refractivity (Wildman–Crippen MR) is 62.4 cm³/mol. The number of alkyl halides is 3. The van der Waals surface area contributed by atoms with Crippen molar-refractivity contribution in [3.05, 3.63) is 29.6 Å². The topological polar surface area (TPSA) is 35.2 Å². The molecule has 0 heterocycles. The van der Waals surface area contributed by atoms with E-state index in [1.54, 1.807) is 0 Å². The van der Waals surface area contributed by atoms with E-state index in [1.807, 2.05) is 0 Å². The van der Waals surface area contributed by atoms with Crippen molar-refractivity contribution in [2.24, 2.45) is 5.73 Å². The molecular weight excluding hydrogens is 274 g/mol. The first-order chi connectivity index (χ1) is 7.83. The molecule has 0 amide bonds. The summed E-state index contributed by atoms with van der Waals surface area (Å²) in [5.74, 6) is -0.353. The van der Waals surface area contributed by atoms with Gasteiger partial charge in [-0.3, -0.25) is 0 Å². The van der Waals surface area contributed by atoms with Crippen molar-refractivity contribution < 1.29 is 22.3 Å². The quantitative estimate of drug-likeness (QED) is 0.859. The Morgan fingerprint density at radius 1 is 1.33 bits per heavy atom. The second-order valence-electron chi connectivity index (χ2n) is 3.65. The van der Waals surface area contributed by atoms with E-state index >= 15 is 0 Å². The van der Waals surface area contributed by atoms with Gasteiger partial charge in [-0.15, -0.1) is 12.4 Å². The summed E-state index contributed by atoms with van der Waals surface area (Å²) in [4.78, 5) is 0. The number of benzene rings is 1. The number of methoxy groups -OCH3 is 1. The summed E-state index contributed by atoms with van der Waals surface area (Å²) in [6.07, 6.45) is -5.65. The number of ether oxygens (including phenoxy) is 1. The van der Waals surface area contributed by atoms with Gasteiger partial charge in [0.2, 0.25) is 0 Å². The van der Waals surface area contributed by atoms with Gasteiger partial charge in [0.25, 0.3) is 0 Å². The smallest absolute Gasteiger partial charge is 0.389 e. The summed E-state index contributed by atoms with van der Waals surface area (Å²) in [5.41, 5.74) is 5.58. The molecule has 0 aliphatic heterocycles. The molecule has 0 aromatic heterocycles. The molecular formula is C11H14ClF4NO. The Hall–Kier alpha value is -1.01. The van der Waals surface area contributed by atoms with Gasteiger partial charge in [0.1, 0.15) is 11.6 Å². The highest BCUT2D eigenvalue weighted by atomic mass is 35.5. The van der Waals surface area contributed by atoms with Crippen LogP contribution in [0.5, 0.6) is 5.75 Å². The van der Waals surface area contributed by atoms with E-state index in [-0.39, 0.29) is 24.4 Å². The van der Waals surface area contributed by atoms with E-state index in [1.165, 1.54) is 19.2 Å². The molecule has 1 rings (SSSR count). The molecule has 0 aliphatic carbocycles. The van der Waals surface area contributed by atoms with Crippen LogP contribution in [0.3, 0.4) is 0 Å². The fourth-order valence-corrected chi connectivity index (χ4v) is 1.41. The van der Waals surface area contributed by atoms with Crippen LogP contribution in [-0.4, -0.2) is 13.3 Å². The van der Waals surface area contributed by atoms with Gasteiger partial charge in [-0.25, -0.2) is 4.39 Å². The molecule has 7 heteroatoms. The molecule has 104 valence electrons. The lowest BCUT2D eigenvalue weighted by Gasteiger charge is -2.14. The molecule has 0 aliphatic rings. The largest absolute Gasteiger partial charge is 0.497 e. The standard InChI is InChI=1S/C11H13F4NO.ClH/c1-17-7-2-3-8(9(12)6-7)10(16)4-5-11(13,14)15;/h2-3,6,10H,4-5,16H2,1H3;1H/t10-;/m1./s1. The van der Waals surface area contributed by atoms with E-state index in [0.717, 1.165) is 6.07 Å². The summed E-state index contributed by atoms with van der Waals surface area (Å²) in [7, 11) is 1.37. The summed E-state index contributed by atoms with van der Waals surface area (Å²) < 4.78 is 54.2. The summed E-state index contributed by atoms with van der Waals surface area (Å²) in [6, 6.07) is 2.94. The molecule has 0 spiro atoms. The lowest BCUT2D eigenvalue weighted by atomic mass is 10.0. The average molecular weight is 288 g/mol. The number of halogens is 5. The molecule has 0 unspecified atom stereocenters. The summed E-state index contributed by atoms with van der Waals surface area (Å²) in [6.45, 7) is 0. The molecule has 2 N–H and O–H groups in total. The van der Waals surface area contributed by atoms with E-state index in [4.69, 9.17) is 10.5 Å². The van der Waals surface area contributed by atoms with Gasteiger partial charge in [-0.05, 0) is 12.5 Å². The van der Waals surface area contributed by atoms with E-state index in [2.05, 4.69) is 0 Å². The number of rotatable bonds is 4. The first kappa shape index (κ1) is 17.0. The molecule has 0 radical (unpaired) electrons. The summed E-state index contributed by atoms with van der Waals surface area (Å²) in [5, 5.41) is 0. The molecule has 18 heavy (non-hydrogen) atoms. The molecule has 2 nitrogen and oxygen atoms in total. The zero-order valence-electron chi connectivity index (χ0n) is 9.63. The van der Waals surface area contributed by atoms with Gasteiger partial charge in [-0.2, -0.15) is 13.2 Å². The van der Waals surface area contributed by atoms with Crippen LogP contribution in [-0.2, 0) is 0 Å². The lowest BCUT2D eigenvalue weighted by Crippen LogP contribution is -2.16. The maximum absolute atomic E-state index is 13.5. The van der Waals surface area contributed by atoms with Crippen LogP contribution in [0.2, 0.25) is 0 Å². The van der Waals surface area contributed by atoms with Crippen LogP contribution >= 0.6 is 12.4 Å². The maximum Gasteiger partial charge on any atom is 0.389 e. The van der Waals surface area contributed by atoms with Crippen molar-refractivity contribution in [1.29, 1.82) is 0 Å². The van der Waals surface area contributed by atoms with Gasteiger partial charge < -0.3 is 10.5 Å². The number of hydrogen-bond acceptors (Lipinski definition) is 2. The first-order valence-corrected chi connectivity index (χ1v) is 4.99. The number of hydrogen-bond donors (Lipinski definition) is 1. The second kappa shape index (κ2) is 6.80. The van der Waals surface area contributed by atoms with E-state index in [0.29, 0.717) is 5.75 Å². The Morgan fingerprint density at radius 2 is 1.94 bits per heavy atom. The molecule has 0 bridgehead atoms. The molecule has 0 saturated heterocycles. The highest BCUT2D eigenvalue weighted by molar-refractivity contribution is 5.85. The van der Waals surface area contributed by atoms with Crippen molar-refractivity contribution in [3.63, 3.8) is 0 Å². The van der Waals surface area contributed by atoms with Crippen molar-refractivity contribution in [3.8, 4) is 5.75 Å². The Bertz CT molecular complexity index is 384. The van der Waals surface area contributed by atoms with Crippen LogP contribution in [0.1, 0.15) is 24.4 Å². The van der Waals surface area contributed by atoms with E-state index in [9.17, 15) is 17.6 Å². The molecule has 1 aromatic carbocycles. The summed E-state index contributed by atoms with van der Waals surface area (Å²) >= 11 is 0. The van der Waals surface area contributed by atoms with Gasteiger partial charge >= 0.3 is 6.18 Å². The predicted octanol–water partition coefficient (Wildman–Crippen LogP) is 3.60. The van der Waals surface area contributed by atoms with Gasteiger partial charge in [0, 0.05) is 24.1 Å². The fourth-order valence-electron chi connectivity index (χ4n) is 1.41. The third kappa shape index (κ3) is 5.10. The second-order valence-corrected chi connectivity index (χ2v) is 3.65. The lowest BCUT2D eigenvalue weighted by molar-refractivity contribution is -0.136. The molecule has 0 saturated carbocycles. The van der Waals surface area contributed by atoms with E-state index < -0.39 is 24.5 Å². The third-order valence-electron chi connectivity index (χ3n) is 2.35. The normalized spacial score (nSPS) is 12.8. The molecule has 0 fully saturated rings. The highest BCUT2D eigenvalue weighted by Gasteiger charge is 2.28. The van der Waals surface area contributed by atoms with Crippen LogP contribution in [0, 0.1) is 5.82 Å². The van der Waals surface area contributed by atoms with Crippen molar-refractivity contribution in [1.82, 2.24) is 0 Å². The van der Waals surface area contributed by atoms with Crippen LogP contribution in [0.25, 0.3) is 0 Å².